The molecule has 0 fully saturated rings. The Labute approximate surface area is 82.3 Å². The predicted molar refractivity (Wildman–Crippen MR) is 53.1 cm³/mol. The summed E-state index contributed by atoms with van der Waals surface area (Å²) in [5.41, 5.74) is 0.795. The van der Waals surface area contributed by atoms with Crippen LogP contribution in [0, 0.1) is 0 Å². The molecule has 0 saturated carbocycles. The number of carboxylic acids is 1. The van der Waals surface area contributed by atoms with Gasteiger partial charge in [0.1, 0.15) is 0 Å². The molecule has 0 atom stereocenters. The first kappa shape index (κ1) is 10.4. The molecule has 74 valence electrons. The van der Waals surface area contributed by atoms with E-state index in [4.69, 9.17) is 5.11 Å². The number of carbonyl (C=O) groups is 1. The minimum absolute atomic E-state index is 0.114. The van der Waals surface area contributed by atoms with E-state index in [0.717, 1.165) is 0 Å². The molecule has 0 aliphatic carbocycles. The van der Waals surface area contributed by atoms with Crippen LogP contribution in [-0.2, 0) is 0 Å². The van der Waals surface area contributed by atoms with Gasteiger partial charge in [0.15, 0.2) is 0 Å². The van der Waals surface area contributed by atoms with Gasteiger partial charge in [-0.05, 0) is 32.0 Å². The molecule has 0 spiro atoms. The zero-order valence-electron chi connectivity index (χ0n) is 8.14. The van der Waals surface area contributed by atoms with Crippen LogP contribution >= 0.6 is 0 Å². The van der Waals surface area contributed by atoms with Crippen molar-refractivity contribution < 1.29 is 9.90 Å². The van der Waals surface area contributed by atoms with E-state index < -0.39 is 5.97 Å². The molecule has 0 amide bonds. The summed E-state index contributed by atoms with van der Waals surface area (Å²) in [6.07, 6.45) is 0. The average molecular weight is 192 g/mol. The predicted octanol–water partition coefficient (Wildman–Crippen LogP) is 2.88. The van der Waals surface area contributed by atoms with Gasteiger partial charge in [0, 0.05) is 0 Å². The average Bonchev–Trinajstić information content (AvgIpc) is 2.15. The zero-order chi connectivity index (χ0) is 10.6. The van der Waals surface area contributed by atoms with E-state index in [0.29, 0.717) is 5.69 Å². The second kappa shape index (κ2) is 4.50. The van der Waals surface area contributed by atoms with Crippen molar-refractivity contribution in [2.45, 2.75) is 19.9 Å². The van der Waals surface area contributed by atoms with Gasteiger partial charge in [-0.3, -0.25) is 0 Å². The summed E-state index contributed by atoms with van der Waals surface area (Å²) in [5, 5.41) is 16.6. The second-order valence-corrected chi connectivity index (χ2v) is 3.16. The van der Waals surface area contributed by atoms with Gasteiger partial charge in [-0.25, -0.2) is 4.79 Å². The lowest BCUT2D eigenvalue weighted by molar-refractivity contribution is 0.0697. The fourth-order valence-electron chi connectivity index (χ4n) is 0.883. The number of azo groups is 1. The molecule has 4 heteroatoms. The Hall–Kier alpha value is -1.71. The minimum atomic E-state index is -0.952. The van der Waals surface area contributed by atoms with E-state index >= 15 is 0 Å². The SMILES string of the molecule is CC(C)N=Nc1cccc(C(=O)O)c1. The smallest absolute Gasteiger partial charge is 0.335 e. The molecule has 0 saturated heterocycles. The maximum absolute atomic E-state index is 10.6. The van der Waals surface area contributed by atoms with E-state index in [1.165, 1.54) is 12.1 Å². The van der Waals surface area contributed by atoms with Crippen molar-refractivity contribution in [2.24, 2.45) is 10.2 Å². The van der Waals surface area contributed by atoms with E-state index in [1.54, 1.807) is 12.1 Å². The lowest BCUT2D eigenvalue weighted by atomic mass is 10.2. The van der Waals surface area contributed by atoms with Gasteiger partial charge in [-0.1, -0.05) is 6.07 Å². The highest BCUT2D eigenvalue weighted by Crippen LogP contribution is 2.15. The Bertz CT molecular complexity index is 359. The van der Waals surface area contributed by atoms with Crippen molar-refractivity contribution in [1.29, 1.82) is 0 Å². The van der Waals surface area contributed by atoms with Crippen molar-refractivity contribution in [3.63, 3.8) is 0 Å². The van der Waals surface area contributed by atoms with Crippen LogP contribution < -0.4 is 0 Å². The summed E-state index contributed by atoms with van der Waals surface area (Å²) >= 11 is 0. The minimum Gasteiger partial charge on any atom is -0.478 e. The number of hydrogen-bond acceptors (Lipinski definition) is 3. The highest BCUT2D eigenvalue weighted by atomic mass is 16.4. The van der Waals surface area contributed by atoms with Gasteiger partial charge in [-0.15, -0.1) is 0 Å². The van der Waals surface area contributed by atoms with Crippen molar-refractivity contribution >= 4 is 11.7 Å². The summed E-state index contributed by atoms with van der Waals surface area (Å²) in [7, 11) is 0. The molecule has 4 nitrogen and oxygen atoms in total. The largest absolute Gasteiger partial charge is 0.478 e. The standard InChI is InChI=1S/C10H12N2O2/c1-7(2)11-12-9-5-3-4-8(6-9)10(13)14/h3-7H,1-2H3,(H,13,14). The van der Waals surface area contributed by atoms with Crippen molar-refractivity contribution in [3.8, 4) is 0 Å². The van der Waals surface area contributed by atoms with E-state index in [2.05, 4.69) is 10.2 Å². The monoisotopic (exact) mass is 192 g/mol. The maximum Gasteiger partial charge on any atom is 0.335 e. The van der Waals surface area contributed by atoms with Gasteiger partial charge in [0.05, 0.1) is 17.3 Å². The molecular formula is C10H12N2O2. The van der Waals surface area contributed by atoms with Crippen LogP contribution in [0.2, 0.25) is 0 Å². The Kier molecular flexibility index (Phi) is 3.34. The van der Waals surface area contributed by atoms with Crippen LogP contribution in [0.15, 0.2) is 34.5 Å². The van der Waals surface area contributed by atoms with Crippen molar-refractivity contribution in [1.82, 2.24) is 0 Å². The molecule has 0 bridgehead atoms. The van der Waals surface area contributed by atoms with Crippen LogP contribution in [0.1, 0.15) is 24.2 Å². The lowest BCUT2D eigenvalue weighted by Crippen LogP contribution is -1.94. The summed E-state index contributed by atoms with van der Waals surface area (Å²) in [5.74, 6) is -0.952. The highest BCUT2D eigenvalue weighted by molar-refractivity contribution is 5.88. The summed E-state index contributed by atoms with van der Waals surface area (Å²) in [6.45, 7) is 3.81. The summed E-state index contributed by atoms with van der Waals surface area (Å²) in [6, 6.07) is 6.50. The molecule has 0 unspecified atom stereocenters. The Balaban J connectivity index is 2.89. The quantitative estimate of drug-likeness (QED) is 0.748. The van der Waals surface area contributed by atoms with E-state index in [-0.39, 0.29) is 11.6 Å². The van der Waals surface area contributed by atoms with Crippen LogP contribution in [0.25, 0.3) is 0 Å². The molecular weight excluding hydrogens is 180 g/mol. The molecule has 1 aromatic carbocycles. The molecule has 0 aromatic heterocycles. The van der Waals surface area contributed by atoms with Crippen molar-refractivity contribution in [3.05, 3.63) is 29.8 Å². The normalized spacial score (nSPS) is 11.1. The molecule has 0 radical (unpaired) electrons. The van der Waals surface area contributed by atoms with Crippen LogP contribution in [-0.4, -0.2) is 17.1 Å². The first-order chi connectivity index (χ1) is 6.59. The second-order valence-electron chi connectivity index (χ2n) is 3.16. The number of nitrogens with zero attached hydrogens (tertiary/aromatic N) is 2. The molecule has 0 aliphatic heterocycles. The Morgan fingerprint density at radius 3 is 2.71 bits per heavy atom. The van der Waals surface area contributed by atoms with Gasteiger partial charge < -0.3 is 5.11 Å². The topological polar surface area (TPSA) is 62.0 Å². The first-order valence-corrected chi connectivity index (χ1v) is 4.34. The third kappa shape index (κ3) is 2.97. The van der Waals surface area contributed by atoms with E-state index in [9.17, 15) is 4.79 Å². The third-order valence-electron chi connectivity index (χ3n) is 1.50. The number of aromatic carboxylic acids is 1. The van der Waals surface area contributed by atoms with E-state index in [1.807, 2.05) is 13.8 Å². The van der Waals surface area contributed by atoms with Gasteiger partial charge in [0.2, 0.25) is 0 Å². The fourth-order valence-corrected chi connectivity index (χ4v) is 0.883. The van der Waals surface area contributed by atoms with Gasteiger partial charge in [0.25, 0.3) is 0 Å². The molecule has 14 heavy (non-hydrogen) atoms. The number of benzene rings is 1. The summed E-state index contributed by atoms with van der Waals surface area (Å²) in [4.78, 5) is 10.6. The Morgan fingerprint density at radius 1 is 1.43 bits per heavy atom. The molecule has 0 aliphatic rings. The van der Waals surface area contributed by atoms with Crippen LogP contribution in [0.4, 0.5) is 5.69 Å². The number of rotatable bonds is 3. The van der Waals surface area contributed by atoms with Gasteiger partial charge in [-0.2, -0.15) is 10.2 Å². The van der Waals surface area contributed by atoms with Crippen LogP contribution in [0.3, 0.4) is 0 Å². The third-order valence-corrected chi connectivity index (χ3v) is 1.50. The molecule has 0 heterocycles. The summed E-state index contributed by atoms with van der Waals surface area (Å²) < 4.78 is 0. The number of hydrogen-bond donors (Lipinski definition) is 1. The van der Waals surface area contributed by atoms with Gasteiger partial charge >= 0.3 is 5.97 Å². The van der Waals surface area contributed by atoms with Crippen LogP contribution in [0.5, 0.6) is 0 Å². The lowest BCUT2D eigenvalue weighted by Gasteiger charge is -1.96. The highest BCUT2D eigenvalue weighted by Gasteiger charge is 2.02. The molecule has 1 rings (SSSR count). The number of carboxylic acid groups (broad SMARTS) is 1. The zero-order valence-corrected chi connectivity index (χ0v) is 8.14. The van der Waals surface area contributed by atoms with Crippen molar-refractivity contribution in [2.75, 3.05) is 0 Å². The molecule has 1 aromatic rings. The first-order valence-electron chi connectivity index (χ1n) is 4.34. The Morgan fingerprint density at radius 2 is 2.14 bits per heavy atom. The fraction of sp³-hybridized carbons (Fsp3) is 0.300. The maximum atomic E-state index is 10.6. The molecule has 1 N–H and O–H groups in total.